The van der Waals surface area contributed by atoms with E-state index < -0.39 is 0 Å². The number of carbonyl (C=O) groups excluding carboxylic acids is 2. The van der Waals surface area contributed by atoms with E-state index in [1.165, 1.54) is 0 Å². The predicted octanol–water partition coefficient (Wildman–Crippen LogP) is 2.91. The van der Waals surface area contributed by atoms with Crippen LogP contribution >= 0.6 is 0 Å². The Balaban J connectivity index is 1.75. The second-order valence-electron chi connectivity index (χ2n) is 7.65. The van der Waals surface area contributed by atoms with Crippen molar-refractivity contribution in [1.82, 2.24) is 19.7 Å². The summed E-state index contributed by atoms with van der Waals surface area (Å²) in [5, 5.41) is 0. The third-order valence-electron chi connectivity index (χ3n) is 5.37. The molecule has 3 rings (SSSR count). The molecule has 0 unspecified atom stereocenters. The quantitative estimate of drug-likeness (QED) is 0.756. The molecular weight excluding hydrogens is 364 g/mol. The lowest BCUT2D eigenvalue weighted by molar-refractivity contribution is 0.0636. The zero-order valence-electron chi connectivity index (χ0n) is 17.5. The summed E-state index contributed by atoms with van der Waals surface area (Å²) >= 11 is 0. The normalized spacial score (nSPS) is 14.8. The van der Waals surface area contributed by atoms with Crippen molar-refractivity contribution in [3.05, 3.63) is 65.5 Å². The molecule has 1 aliphatic rings. The van der Waals surface area contributed by atoms with Gasteiger partial charge in [0.25, 0.3) is 11.8 Å². The molecule has 2 aromatic rings. The number of benzene rings is 1. The Morgan fingerprint density at radius 2 is 1.62 bits per heavy atom. The van der Waals surface area contributed by atoms with Gasteiger partial charge in [-0.05, 0) is 38.1 Å². The minimum Gasteiger partial charge on any atom is -0.335 e. The van der Waals surface area contributed by atoms with Crippen LogP contribution in [0.4, 0.5) is 0 Å². The molecule has 1 aliphatic heterocycles. The lowest BCUT2D eigenvalue weighted by Gasteiger charge is -2.33. The monoisotopic (exact) mass is 394 g/mol. The first-order valence-electron chi connectivity index (χ1n) is 10.3. The third-order valence-corrected chi connectivity index (χ3v) is 5.37. The molecule has 1 aromatic carbocycles. The highest BCUT2D eigenvalue weighted by molar-refractivity contribution is 5.96. The van der Waals surface area contributed by atoms with Crippen molar-refractivity contribution in [3.63, 3.8) is 0 Å². The smallest absolute Gasteiger partial charge is 0.273 e. The molecule has 2 amide bonds. The zero-order valence-corrected chi connectivity index (χ0v) is 17.5. The van der Waals surface area contributed by atoms with Crippen LogP contribution in [0.25, 0.3) is 0 Å². The van der Waals surface area contributed by atoms with Gasteiger partial charge in [0.15, 0.2) is 0 Å². The molecular formula is C23H30N4O2. The van der Waals surface area contributed by atoms with Gasteiger partial charge in [-0.1, -0.05) is 43.3 Å². The maximum absolute atomic E-state index is 13.2. The fraction of sp³-hybridized carbons (Fsp3) is 0.435. The third kappa shape index (κ3) is 5.21. The summed E-state index contributed by atoms with van der Waals surface area (Å²) in [4.78, 5) is 36.4. The fourth-order valence-corrected chi connectivity index (χ4v) is 3.52. The molecule has 154 valence electrons. The molecule has 2 heterocycles. The van der Waals surface area contributed by atoms with Crippen LogP contribution in [0.3, 0.4) is 0 Å². The Morgan fingerprint density at radius 1 is 0.966 bits per heavy atom. The second kappa shape index (κ2) is 9.65. The maximum Gasteiger partial charge on any atom is 0.273 e. The highest BCUT2D eigenvalue weighted by Crippen LogP contribution is 2.14. The topological polar surface area (TPSA) is 56.8 Å². The van der Waals surface area contributed by atoms with Crippen molar-refractivity contribution in [2.24, 2.45) is 0 Å². The van der Waals surface area contributed by atoms with Gasteiger partial charge in [-0.25, -0.2) is 4.98 Å². The number of carbonyl (C=O) groups is 2. The van der Waals surface area contributed by atoms with Crippen molar-refractivity contribution in [3.8, 4) is 0 Å². The van der Waals surface area contributed by atoms with Crippen LogP contribution in [0.1, 0.15) is 47.3 Å². The molecule has 1 aromatic heterocycles. The van der Waals surface area contributed by atoms with Gasteiger partial charge in [-0.3, -0.25) is 9.59 Å². The van der Waals surface area contributed by atoms with Gasteiger partial charge in [-0.15, -0.1) is 0 Å². The second-order valence-corrected chi connectivity index (χ2v) is 7.65. The first-order chi connectivity index (χ1) is 14.0. The van der Waals surface area contributed by atoms with Gasteiger partial charge in [0.05, 0.1) is 0 Å². The van der Waals surface area contributed by atoms with E-state index in [-0.39, 0.29) is 17.9 Å². The van der Waals surface area contributed by atoms with Crippen LogP contribution in [-0.2, 0) is 6.54 Å². The fourth-order valence-electron chi connectivity index (χ4n) is 3.52. The van der Waals surface area contributed by atoms with E-state index in [0.717, 1.165) is 25.2 Å². The number of nitrogens with zero attached hydrogens (tertiary/aromatic N) is 4. The van der Waals surface area contributed by atoms with E-state index in [1.807, 2.05) is 49.1 Å². The highest BCUT2D eigenvalue weighted by atomic mass is 16.2. The molecule has 6 heteroatoms. The Labute approximate surface area is 173 Å². The average molecular weight is 395 g/mol. The van der Waals surface area contributed by atoms with E-state index in [0.29, 0.717) is 31.0 Å². The van der Waals surface area contributed by atoms with E-state index in [4.69, 9.17) is 0 Å². The number of hydrogen-bond donors (Lipinski definition) is 0. The molecule has 0 aliphatic carbocycles. The van der Waals surface area contributed by atoms with Crippen molar-refractivity contribution in [2.75, 3.05) is 32.7 Å². The standard InChI is InChI=1S/C23H30N4O2/c1-4-25-13-15-26(16-14-25)22(28)20-11-8-12-21(24-20)23(29)27(18(2)3)17-19-9-6-5-7-10-19/h5-12,18H,4,13-17H2,1-3H3. The van der Waals surface area contributed by atoms with E-state index in [1.54, 1.807) is 23.1 Å². The summed E-state index contributed by atoms with van der Waals surface area (Å²) in [6.45, 7) is 10.7. The van der Waals surface area contributed by atoms with Crippen LogP contribution in [0.15, 0.2) is 48.5 Å². The van der Waals surface area contributed by atoms with Gasteiger partial charge < -0.3 is 14.7 Å². The highest BCUT2D eigenvalue weighted by Gasteiger charge is 2.25. The number of pyridine rings is 1. The molecule has 0 atom stereocenters. The largest absolute Gasteiger partial charge is 0.335 e. The Morgan fingerprint density at radius 3 is 2.24 bits per heavy atom. The van der Waals surface area contributed by atoms with Crippen LogP contribution < -0.4 is 0 Å². The van der Waals surface area contributed by atoms with Crippen LogP contribution in [0.2, 0.25) is 0 Å². The molecule has 6 nitrogen and oxygen atoms in total. The van der Waals surface area contributed by atoms with Crippen molar-refractivity contribution in [2.45, 2.75) is 33.4 Å². The number of hydrogen-bond acceptors (Lipinski definition) is 4. The summed E-state index contributed by atoms with van der Waals surface area (Å²) in [5.74, 6) is -0.260. The minimum atomic E-state index is -0.158. The first kappa shape index (κ1) is 21.0. The summed E-state index contributed by atoms with van der Waals surface area (Å²) < 4.78 is 0. The van der Waals surface area contributed by atoms with E-state index in [9.17, 15) is 9.59 Å². The Kier molecular flexibility index (Phi) is 6.99. The molecule has 1 saturated heterocycles. The van der Waals surface area contributed by atoms with Crippen molar-refractivity contribution in [1.29, 1.82) is 0 Å². The molecule has 0 N–H and O–H groups in total. The average Bonchev–Trinajstić information content (AvgIpc) is 2.77. The number of amides is 2. The van der Waals surface area contributed by atoms with Crippen molar-refractivity contribution < 1.29 is 9.59 Å². The number of likely N-dealkylation sites (N-methyl/N-ethyl adjacent to an activating group) is 1. The molecule has 29 heavy (non-hydrogen) atoms. The van der Waals surface area contributed by atoms with E-state index in [2.05, 4.69) is 16.8 Å². The van der Waals surface area contributed by atoms with Gasteiger partial charge in [0, 0.05) is 38.8 Å². The Hall–Kier alpha value is -2.73. The van der Waals surface area contributed by atoms with Gasteiger partial charge in [-0.2, -0.15) is 0 Å². The molecule has 0 spiro atoms. The van der Waals surface area contributed by atoms with Crippen LogP contribution in [0.5, 0.6) is 0 Å². The SMILES string of the molecule is CCN1CCN(C(=O)c2cccc(C(=O)N(Cc3ccccc3)C(C)C)n2)CC1. The van der Waals surface area contributed by atoms with Gasteiger partial charge in [0.2, 0.25) is 0 Å². The molecule has 0 saturated carbocycles. The number of rotatable bonds is 6. The summed E-state index contributed by atoms with van der Waals surface area (Å²) in [6, 6.07) is 15.1. The lowest BCUT2D eigenvalue weighted by Crippen LogP contribution is -2.48. The molecule has 0 radical (unpaired) electrons. The predicted molar refractivity (Wildman–Crippen MR) is 114 cm³/mol. The summed E-state index contributed by atoms with van der Waals surface area (Å²) in [6.07, 6.45) is 0. The summed E-state index contributed by atoms with van der Waals surface area (Å²) in [7, 11) is 0. The lowest BCUT2D eigenvalue weighted by atomic mass is 10.1. The Bertz CT molecular complexity index is 830. The summed E-state index contributed by atoms with van der Waals surface area (Å²) in [5.41, 5.74) is 1.72. The first-order valence-corrected chi connectivity index (χ1v) is 10.3. The molecule has 0 bridgehead atoms. The van der Waals surface area contributed by atoms with Crippen LogP contribution in [-0.4, -0.2) is 70.3 Å². The van der Waals surface area contributed by atoms with Gasteiger partial charge in [0.1, 0.15) is 11.4 Å². The minimum absolute atomic E-state index is 0.0194. The van der Waals surface area contributed by atoms with Crippen molar-refractivity contribution >= 4 is 11.8 Å². The zero-order chi connectivity index (χ0) is 20.8. The molecule has 1 fully saturated rings. The number of piperazine rings is 1. The number of aromatic nitrogens is 1. The van der Waals surface area contributed by atoms with Gasteiger partial charge >= 0.3 is 0 Å². The maximum atomic E-state index is 13.2. The van der Waals surface area contributed by atoms with Crippen LogP contribution in [0, 0.1) is 0 Å². The van der Waals surface area contributed by atoms with E-state index >= 15 is 0 Å².